The number of methoxy groups -OCH3 is 1. The fraction of sp³-hybridized carbons (Fsp3) is 0.393. The molecule has 4 rings (SSSR count). The molecule has 1 N–H and O–H groups in total. The Labute approximate surface area is 210 Å². The second-order valence-corrected chi connectivity index (χ2v) is 10.4. The number of rotatable bonds is 7. The summed E-state index contributed by atoms with van der Waals surface area (Å²) in [6, 6.07) is 13.9. The first-order chi connectivity index (χ1) is 16.9. The number of allylic oxidation sites excluding steroid dienone is 3. The second kappa shape index (κ2) is 10.7. The predicted octanol–water partition coefficient (Wildman–Crippen LogP) is 4.75. The van der Waals surface area contributed by atoms with Crippen molar-refractivity contribution in [3.63, 3.8) is 0 Å². The number of thioether (sulfide) groups is 1. The van der Waals surface area contributed by atoms with Gasteiger partial charge in [0.2, 0.25) is 0 Å². The van der Waals surface area contributed by atoms with Crippen LogP contribution in [0.3, 0.4) is 0 Å². The van der Waals surface area contributed by atoms with Crippen LogP contribution in [-0.2, 0) is 23.9 Å². The number of Topliss-reactive ketones (excluding diaryl/α,β-unsaturated/α-hetero) is 1. The number of hydrogen-bond acceptors (Lipinski definition) is 7. The molecule has 0 saturated heterocycles. The number of nitrogens with one attached hydrogen (secondary N) is 1. The summed E-state index contributed by atoms with van der Waals surface area (Å²) in [6.45, 7) is 6.07. The lowest BCUT2D eigenvalue weighted by Gasteiger charge is -2.38. The molecule has 184 valence electrons. The SMILES string of the molecule is CCSCCOC(=O)C1=C(C)NC2=C(C(=O)[C@H](C(=O)OC)[C@H](C)C2)[C@@H]1c1ccc2ccccc2c1. The van der Waals surface area contributed by atoms with E-state index in [0.717, 1.165) is 27.8 Å². The fourth-order valence-corrected chi connectivity index (χ4v) is 5.58. The zero-order valence-corrected chi connectivity index (χ0v) is 21.4. The Morgan fingerprint density at radius 1 is 1.14 bits per heavy atom. The van der Waals surface area contributed by atoms with E-state index in [1.165, 1.54) is 7.11 Å². The van der Waals surface area contributed by atoms with Gasteiger partial charge in [-0.15, -0.1) is 0 Å². The van der Waals surface area contributed by atoms with Gasteiger partial charge in [-0.05, 0) is 41.4 Å². The summed E-state index contributed by atoms with van der Waals surface area (Å²) in [4.78, 5) is 39.8. The molecule has 0 spiro atoms. The Morgan fingerprint density at radius 3 is 2.60 bits per heavy atom. The molecule has 1 aliphatic carbocycles. The maximum atomic E-state index is 13.8. The van der Waals surface area contributed by atoms with Crippen LogP contribution < -0.4 is 5.32 Å². The van der Waals surface area contributed by atoms with Gasteiger partial charge in [0.1, 0.15) is 12.5 Å². The minimum Gasteiger partial charge on any atom is -0.468 e. The van der Waals surface area contributed by atoms with Gasteiger partial charge in [0.05, 0.1) is 12.7 Å². The normalized spacial score (nSPS) is 22.1. The summed E-state index contributed by atoms with van der Waals surface area (Å²) in [5, 5.41) is 5.38. The lowest BCUT2D eigenvalue weighted by atomic mass is 9.69. The van der Waals surface area contributed by atoms with E-state index in [9.17, 15) is 14.4 Å². The van der Waals surface area contributed by atoms with Crippen LogP contribution in [0.1, 0.15) is 38.7 Å². The Balaban J connectivity index is 1.82. The predicted molar refractivity (Wildman–Crippen MR) is 138 cm³/mol. The van der Waals surface area contributed by atoms with Crippen LogP contribution in [0.15, 0.2) is 65.0 Å². The van der Waals surface area contributed by atoms with Crippen LogP contribution in [0.4, 0.5) is 0 Å². The summed E-state index contributed by atoms with van der Waals surface area (Å²) in [5.41, 5.74) is 3.11. The van der Waals surface area contributed by atoms with Gasteiger partial charge in [0.15, 0.2) is 5.78 Å². The van der Waals surface area contributed by atoms with Crippen molar-refractivity contribution in [2.75, 3.05) is 25.2 Å². The lowest BCUT2D eigenvalue weighted by Crippen LogP contribution is -2.43. The number of ketones is 1. The largest absolute Gasteiger partial charge is 0.468 e. The maximum Gasteiger partial charge on any atom is 0.336 e. The zero-order chi connectivity index (χ0) is 25.1. The van der Waals surface area contributed by atoms with Crippen LogP contribution in [0, 0.1) is 11.8 Å². The molecule has 0 radical (unpaired) electrons. The molecule has 3 atom stereocenters. The van der Waals surface area contributed by atoms with Gasteiger partial charge < -0.3 is 14.8 Å². The van der Waals surface area contributed by atoms with E-state index in [4.69, 9.17) is 9.47 Å². The molecule has 1 heterocycles. The van der Waals surface area contributed by atoms with Crippen LogP contribution in [0.2, 0.25) is 0 Å². The van der Waals surface area contributed by atoms with E-state index < -0.39 is 23.8 Å². The third-order valence-electron chi connectivity index (χ3n) is 6.73. The topological polar surface area (TPSA) is 81.7 Å². The van der Waals surface area contributed by atoms with E-state index in [1.807, 2.05) is 56.3 Å². The van der Waals surface area contributed by atoms with Gasteiger partial charge in [-0.2, -0.15) is 11.8 Å². The smallest absolute Gasteiger partial charge is 0.336 e. The zero-order valence-electron chi connectivity index (χ0n) is 20.6. The highest BCUT2D eigenvalue weighted by Gasteiger charge is 2.47. The van der Waals surface area contributed by atoms with Gasteiger partial charge in [-0.25, -0.2) is 4.79 Å². The molecule has 0 fully saturated rings. The Hall–Kier alpha value is -3.06. The maximum absolute atomic E-state index is 13.8. The summed E-state index contributed by atoms with van der Waals surface area (Å²) in [6.07, 6.45) is 0.512. The minimum absolute atomic E-state index is 0.217. The first-order valence-corrected chi connectivity index (χ1v) is 13.1. The summed E-state index contributed by atoms with van der Waals surface area (Å²) >= 11 is 1.70. The highest BCUT2D eigenvalue weighted by atomic mass is 32.2. The molecule has 6 nitrogen and oxygen atoms in total. The van der Waals surface area contributed by atoms with Crippen LogP contribution in [0.5, 0.6) is 0 Å². The van der Waals surface area contributed by atoms with Crippen molar-refractivity contribution >= 4 is 40.3 Å². The van der Waals surface area contributed by atoms with Crippen molar-refractivity contribution in [3.8, 4) is 0 Å². The van der Waals surface area contributed by atoms with Crippen molar-refractivity contribution in [3.05, 3.63) is 70.6 Å². The van der Waals surface area contributed by atoms with Crippen molar-refractivity contribution in [1.82, 2.24) is 5.32 Å². The molecule has 2 aromatic rings. The number of ether oxygens (including phenoxy) is 2. The summed E-state index contributed by atoms with van der Waals surface area (Å²) in [5.74, 6) is -1.39. The minimum atomic E-state index is -0.903. The average Bonchev–Trinajstić information content (AvgIpc) is 2.85. The number of dihydropyridines is 1. The molecule has 0 aromatic heterocycles. The van der Waals surface area contributed by atoms with Gasteiger partial charge in [-0.1, -0.05) is 56.3 Å². The third-order valence-corrected chi connectivity index (χ3v) is 7.60. The van der Waals surface area contributed by atoms with E-state index in [2.05, 4.69) is 12.2 Å². The monoisotopic (exact) mass is 493 g/mol. The molecule has 0 bridgehead atoms. The number of hydrogen-bond donors (Lipinski definition) is 1. The fourth-order valence-electron chi connectivity index (χ4n) is 5.09. The van der Waals surface area contributed by atoms with Crippen molar-refractivity contribution in [2.45, 2.75) is 33.1 Å². The molecule has 35 heavy (non-hydrogen) atoms. The molecule has 7 heteroatoms. The molecular weight excluding hydrogens is 462 g/mol. The molecular formula is C28H31NO5S. The highest BCUT2D eigenvalue weighted by Crippen LogP contribution is 2.45. The van der Waals surface area contributed by atoms with E-state index in [-0.39, 0.29) is 11.7 Å². The molecule has 0 amide bonds. The molecule has 1 aliphatic heterocycles. The highest BCUT2D eigenvalue weighted by molar-refractivity contribution is 7.99. The summed E-state index contributed by atoms with van der Waals surface area (Å²) in [7, 11) is 1.30. The van der Waals surface area contributed by atoms with E-state index in [1.54, 1.807) is 11.8 Å². The van der Waals surface area contributed by atoms with Crippen LogP contribution >= 0.6 is 11.8 Å². The number of benzene rings is 2. The molecule has 2 aliphatic rings. The molecule has 2 aromatic carbocycles. The Kier molecular flexibility index (Phi) is 7.65. The quantitative estimate of drug-likeness (QED) is 0.339. The number of carbonyl (C=O) groups excluding carboxylic acids is 3. The van der Waals surface area contributed by atoms with Crippen molar-refractivity contribution in [1.29, 1.82) is 0 Å². The molecule has 0 saturated carbocycles. The van der Waals surface area contributed by atoms with Gasteiger partial charge in [-0.3, -0.25) is 9.59 Å². The molecule has 0 unspecified atom stereocenters. The van der Waals surface area contributed by atoms with E-state index >= 15 is 0 Å². The Morgan fingerprint density at radius 2 is 1.89 bits per heavy atom. The van der Waals surface area contributed by atoms with Crippen LogP contribution in [-0.4, -0.2) is 42.9 Å². The number of esters is 2. The first kappa shape index (κ1) is 25.0. The van der Waals surface area contributed by atoms with Gasteiger partial charge in [0, 0.05) is 28.6 Å². The van der Waals surface area contributed by atoms with E-state index in [0.29, 0.717) is 35.6 Å². The third kappa shape index (κ3) is 4.87. The van der Waals surface area contributed by atoms with Crippen molar-refractivity contribution < 1.29 is 23.9 Å². The van der Waals surface area contributed by atoms with Crippen molar-refractivity contribution in [2.24, 2.45) is 11.8 Å². The average molecular weight is 494 g/mol. The lowest BCUT2D eigenvalue weighted by molar-refractivity contribution is -0.151. The summed E-state index contributed by atoms with van der Waals surface area (Å²) < 4.78 is 10.6. The standard InChI is InChI=1S/C28H31NO5S/c1-5-35-13-12-34-28(32)23-17(3)29-21-14-16(2)22(27(31)33-4)26(30)25(21)24(23)20-11-10-18-8-6-7-9-19(18)15-20/h6-11,15-16,22,24,29H,5,12-14H2,1-4H3/t16-,22-,24-/m1/s1. The first-order valence-electron chi connectivity index (χ1n) is 11.9. The van der Waals surface area contributed by atoms with Gasteiger partial charge in [0.25, 0.3) is 0 Å². The Bertz CT molecular complexity index is 1230. The van der Waals surface area contributed by atoms with Gasteiger partial charge >= 0.3 is 11.9 Å². The number of fused-ring (bicyclic) bond motifs is 1. The second-order valence-electron chi connectivity index (χ2n) is 8.97. The van der Waals surface area contributed by atoms with Crippen LogP contribution in [0.25, 0.3) is 10.8 Å². The number of carbonyl (C=O) groups is 3.